The van der Waals surface area contributed by atoms with Crippen LogP contribution in [-0.2, 0) is 6.61 Å². The highest BCUT2D eigenvalue weighted by Gasteiger charge is 2.07. The first kappa shape index (κ1) is 12.0. The van der Waals surface area contributed by atoms with E-state index in [9.17, 15) is 0 Å². The molecule has 4 heteroatoms. The van der Waals surface area contributed by atoms with E-state index in [1.165, 1.54) is 0 Å². The van der Waals surface area contributed by atoms with E-state index in [-0.39, 0.29) is 0 Å². The van der Waals surface area contributed by atoms with Gasteiger partial charge in [-0.05, 0) is 26.0 Å². The zero-order valence-electron chi connectivity index (χ0n) is 9.93. The molecule has 1 aromatic heterocycles. The Labute approximate surface area is 106 Å². The summed E-state index contributed by atoms with van der Waals surface area (Å²) in [6.45, 7) is 4.65. The van der Waals surface area contributed by atoms with Gasteiger partial charge in [-0.15, -0.1) is 0 Å². The van der Waals surface area contributed by atoms with Crippen molar-refractivity contribution in [1.29, 1.82) is 0 Å². The molecule has 17 heavy (non-hydrogen) atoms. The lowest BCUT2D eigenvalue weighted by Gasteiger charge is -2.12. The Bertz CT molecular complexity index is 494. The Morgan fingerprint density at radius 1 is 1.35 bits per heavy atom. The van der Waals surface area contributed by atoms with E-state index >= 15 is 0 Å². The summed E-state index contributed by atoms with van der Waals surface area (Å²) in [6, 6.07) is 7.82. The lowest BCUT2D eigenvalue weighted by molar-refractivity contribution is 0.286. The van der Waals surface area contributed by atoms with E-state index in [2.05, 4.69) is 23.4 Å². The van der Waals surface area contributed by atoms with E-state index in [1.807, 2.05) is 30.5 Å². The maximum Gasteiger partial charge on any atom is 0.147 e. The first-order valence-electron chi connectivity index (χ1n) is 5.57. The number of aromatic nitrogens is 2. The van der Waals surface area contributed by atoms with Gasteiger partial charge in [-0.2, -0.15) is 0 Å². The van der Waals surface area contributed by atoms with Crippen LogP contribution in [0.2, 0.25) is 5.02 Å². The minimum absolute atomic E-state index is 0.377. The van der Waals surface area contributed by atoms with Crippen LogP contribution in [0, 0.1) is 0 Å². The zero-order valence-corrected chi connectivity index (χ0v) is 10.7. The van der Waals surface area contributed by atoms with Crippen molar-refractivity contribution in [1.82, 2.24) is 9.55 Å². The number of hydrogen-bond donors (Lipinski definition) is 0. The normalized spacial score (nSPS) is 10.8. The topological polar surface area (TPSA) is 27.1 Å². The standard InChI is InChI=1S/C13H15ClN2O/c1-10(2)16-8-7-15-13(16)9-17-12-6-4-3-5-11(12)14/h3-8,10H,9H2,1-2H3. The third-order valence-electron chi connectivity index (χ3n) is 2.50. The third-order valence-corrected chi connectivity index (χ3v) is 2.81. The van der Waals surface area contributed by atoms with Gasteiger partial charge in [0.15, 0.2) is 0 Å². The second-order valence-electron chi connectivity index (χ2n) is 4.06. The zero-order chi connectivity index (χ0) is 12.3. The Balaban J connectivity index is 2.08. The highest BCUT2D eigenvalue weighted by molar-refractivity contribution is 6.32. The van der Waals surface area contributed by atoms with Gasteiger partial charge < -0.3 is 9.30 Å². The van der Waals surface area contributed by atoms with E-state index in [0.717, 1.165) is 5.82 Å². The lowest BCUT2D eigenvalue weighted by Crippen LogP contribution is -2.08. The Morgan fingerprint density at radius 3 is 2.82 bits per heavy atom. The maximum absolute atomic E-state index is 6.01. The van der Waals surface area contributed by atoms with E-state index in [0.29, 0.717) is 23.4 Å². The number of benzene rings is 1. The van der Waals surface area contributed by atoms with Crippen molar-refractivity contribution in [2.75, 3.05) is 0 Å². The molecule has 0 unspecified atom stereocenters. The van der Waals surface area contributed by atoms with Crippen molar-refractivity contribution >= 4 is 11.6 Å². The van der Waals surface area contributed by atoms with Crippen LogP contribution in [-0.4, -0.2) is 9.55 Å². The molecule has 2 aromatic rings. The van der Waals surface area contributed by atoms with Gasteiger partial charge in [-0.1, -0.05) is 23.7 Å². The van der Waals surface area contributed by atoms with Gasteiger partial charge in [0, 0.05) is 18.4 Å². The number of nitrogens with zero attached hydrogens (tertiary/aromatic N) is 2. The van der Waals surface area contributed by atoms with Gasteiger partial charge in [0.1, 0.15) is 18.2 Å². The Kier molecular flexibility index (Phi) is 3.69. The lowest BCUT2D eigenvalue weighted by atomic mass is 10.3. The molecule has 2 rings (SSSR count). The smallest absolute Gasteiger partial charge is 0.147 e. The molecule has 0 aliphatic heterocycles. The number of hydrogen-bond acceptors (Lipinski definition) is 2. The fraction of sp³-hybridized carbons (Fsp3) is 0.308. The molecule has 0 N–H and O–H groups in total. The Hall–Kier alpha value is -1.48. The van der Waals surface area contributed by atoms with Crippen molar-refractivity contribution in [2.24, 2.45) is 0 Å². The molecule has 0 radical (unpaired) electrons. The molecule has 90 valence electrons. The SMILES string of the molecule is CC(C)n1ccnc1COc1ccccc1Cl. The van der Waals surface area contributed by atoms with E-state index in [1.54, 1.807) is 6.20 Å². The molecule has 1 aromatic carbocycles. The van der Waals surface area contributed by atoms with E-state index in [4.69, 9.17) is 16.3 Å². The summed E-state index contributed by atoms with van der Waals surface area (Å²) in [4.78, 5) is 4.28. The van der Waals surface area contributed by atoms with Gasteiger partial charge in [-0.25, -0.2) is 4.98 Å². The second-order valence-corrected chi connectivity index (χ2v) is 4.47. The van der Waals surface area contributed by atoms with Crippen LogP contribution in [0.4, 0.5) is 0 Å². The van der Waals surface area contributed by atoms with Crippen LogP contribution in [0.15, 0.2) is 36.7 Å². The molecule has 0 saturated carbocycles. The van der Waals surface area contributed by atoms with Crippen LogP contribution < -0.4 is 4.74 Å². The van der Waals surface area contributed by atoms with Crippen molar-refractivity contribution in [2.45, 2.75) is 26.5 Å². The van der Waals surface area contributed by atoms with Crippen molar-refractivity contribution in [3.05, 3.63) is 47.5 Å². The summed E-state index contributed by atoms with van der Waals surface area (Å²) in [5, 5.41) is 0.621. The number of ether oxygens (including phenoxy) is 1. The third kappa shape index (κ3) is 2.80. The Morgan fingerprint density at radius 2 is 2.12 bits per heavy atom. The average Bonchev–Trinajstić information content (AvgIpc) is 2.76. The minimum Gasteiger partial charge on any atom is -0.484 e. The monoisotopic (exact) mass is 250 g/mol. The predicted molar refractivity (Wildman–Crippen MR) is 68.4 cm³/mol. The highest BCUT2D eigenvalue weighted by Crippen LogP contribution is 2.24. The van der Waals surface area contributed by atoms with Gasteiger partial charge >= 0.3 is 0 Å². The average molecular weight is 251 g/mol. The van der Waals surface area contributed by atoms with Gasteiger partial charge in [0.2, 0.25) is 0 Å². The molecule has 0 bridgehead atoms. The molecule has 3 nitrogen and oxygen atoms in total. The summed E-state index contributed by atoms with van der Waals surface area (Å²) < 4.78 is 7.74. The maximum atomic E-state index is 6.01. The quantitative estimate of drug-likeness (QED) is 0.827. The summed E-state index contributed by atoms with van der Waals surface area (Å²) in [5.41, 5.74) is 0. The summed E-state index contributed by atoms with van der Waals surface area (Å²) in [6.07, 6.45) is 3.74. The van der Waals surface area contributed by atoms with Crippen molar-refractivity contribution < 1.29 is 4.74 Å². The van der Waals surface area contributed by atoms with Gasteiger partial charge in [0.25, 0.3) is 0 Å². The minimum atomic E-state index is 0.377. The van der Waals surface area contributed by atoms with Crippen LogP contribution in [0.1, 0.15) is 25.7 Å². The van der Waals surface area contributed by atoms with Crippen LogP contribution in [0.25, 0.3) is 0 Å². The molecule has 0 amide bonds. The van der Waals surface area contributed by atoms with Crippen molar-refractivity contribution in [3.8, 4) is 5.75 Å². The van der Waals surface area contributed by atoms with Gasteiger partial charge in [-0.3, -0.25) is 0 Å². The first-order valence-corrected chi connectivity index (χ1v) is 5.95. The van der Waals surface area contributed by atoms with Crippen molar-refractivity contribution in [3.63, 3.8) is 0 Å². The predicted octanol–water partition coefficient (Wildman–Crippen LogP) is 3.70. The summed E-state index contributed by atoms with van der Waals surface area (Å²) >= 11 is 6.01. The van der Waals surface area contributed by atoms with Crippen LogP contribution >= 0.6 is 11.6 Å². The molecule has 0 atom stereocenters. The van der Waals surface area contributed by atoms with Crippen LogP contribution in [0.3, 0.4) is 0 Å². The fourth-order valence-corrected chi connectivity index (χ4v) is 1.82. The summed E-state index contributed by atoms with van der Waals surface area (Å²) in [7, 11) is 0. The first-order chi connectivity index (χ1) is 8.18. The number of para-hydroxylation sites is 1. The number of rotatable bonds is 4. The fourth-order valence-electron chi connectivity index (χ4n) is 1.63. The largest absolute Gasteiger partial charge is 0.484 e. The van der Waals surface area contributed by atoms with Crippen LogP contribution in [0.5, 0.6) is 5.75 Å². The molecule has 1 heterocycles. The molecule has 0 fully saturated rings. The molecule has 0 aliphatic rings. The number of imidazole rings is 1. The second kappa shape index (κ2) is 5.23. The molecule has 0 saturated heterocycles. The van der Waals surface area contributed by atoms with E-state index < -0.39 is 0 Å². The van der Waals surface area contributed by atoms with Gasteiger partial charge in [0.05, 0.1) is 5.02 Å². The molecular formula is C13H15ClN2O. The molecule has 0 aliphatic carbocycles. The molecule has 0 spiro atoms. The number of halogens is 1. The summed E-state index contributed by atoms with van der Waals surface area (Å²) in [5.74, 6) is 1.59. The highest BCUT2D eigenvalue weighted by atomic mass is 35.5. The molecular weight excluding hydrogens is 236 g/mol.